The van der Waals surface area contributed by atoms with Gasteiger partial charge in [0.1, 0.15) is 0 Å². The van der Waals surface area contributed by atoms with Crippen molar-refractivity contribution >= 4 is 0 Å². The average molecular weight is 405 g/mol. The van der Waals surface area contributed by atoms with Crippen molar-refractivity contribution in [2.75, 3.05) is 0 Å². The van der Waals surface area contributed by atoms with Gasteiger partial charge < -0.3 is 10.2 Å². The van der Waals surface area contributed by atoms with Crippen molar-refractivity contribution in [2.24, 2.45) is 52.3 Å². The van der Waals surface area contributed by atoms with Crippen LogP contribution in [0.5, 0.6) is 0 Å². The van der Waals surface area contributed by atoms with E-state index in [0.717, 1.165) is 42.9 Å². The zero-order valence-electron chi connectivity index (χ0n) is 19.9. The molecule has 0 spiro atoms. The lowest BCUT2D eigenvalue weighted by atomic mass is 9.43. The average Bonchev–Trinajstić information content (AvgIpc) is 3.00. The minimum atomic E-state index is -0.136. The fraction of sp³-hybridized carbons (Fsp3) is 1.00. The Hall–Kier alpha value is -0.0800. The lowest BCUT2D eigenvalue weighted by Crippen LogP contribution is -2.58. The summed E-state index contributed by atoms with van der Waals surface area (Å²) in [6.45, 7) is 12.4. The summed E-state index contributed by atoms with van der Waals surface area (Å²) in [5.74, 6) is 4.94. The van der Waals surface area contributed by atoms with Crippen molar-refractivity contribution in [1.29, 1.82) is 0 Å². The highest BCUT2D eigenvalue weighted by atomic mass is 16.3. The van der Waals surface area contributed by atoms with Gasteiger partial charge in [0.15, 0.2) is 0 Å². The van der Waals surface area contributed by atoms with Crippen LogP contribution in [0.15, 0.2) is 0 Å². The van der Waals surface area contributed by atoms with Gasteiger partial charge in [0, 0.05) is 0 Å². The van der Waals surface area contributed by atoms with Gasteiger partial charge in [0.05, 0.1) is 12.2 Å². The van der Waals surface area contributed by atoms with Gasteiger partial charge in [-0.1, -0.05) is 53.9 Å². The van der Waals surface area contributed by atoms with Crippen LogP contribution in [-0.4, -0.2) is 22.4 Å². The van der Waals surface area contributed by atoms with Crippen LogP contribution >= 0.6 is 0 Å². The van der Waals surface area contributed by atoms with Gasteiger partial charge >= 0.3 is 0 Å². The van der Waals surface area contributed by atoms with E-state index < -0.39 is 0 Å². The molecule has 0 amide bonds. The first-order valence-corrected chi connectivity index (χ1v) is 13.0. The van der Waals surface area contributed by atoms with Crippen LogP contribution in [0.4, 0.5) is 0 Å². The molecule has 0 aromatic heterocycles. The standard InChI is InChI=1S/C27H48O2/c1-17(2)7-6-8-18(3)21-9-10-22-25-23(12-14-27(21,22)5)26(4)13-11-20(28)15-19(26)16-24(25)29/h17-25,28-29H,6-16H2,1-5H3. The summed E-state index contributed by atoms with van der Waals surface area (Å²) in [6.07, 6.45) is 13.3. The molecule has 0 aromatic rings. The Balaban J connectivity index is 1.50. The molecule has 10 atom stereocenters. The lowest BCUT2D eigenvalue weighted by molar-refractivity contribution is -0.174. The SMILES string of the molecule is CC(C)CCCC(C)C1CCC2C3C(O)CC4CC(O)CCC4(C)C3CCC12C. The molecule has 0 saturated heterocycles. The normalized spacial score (nSPS) is 50.7. The predicted molar refractivity (Wildman–Crippen MR) is 120 cm³/mol. The number of aliphatic hydroxyl groups is 2. The van der Waals surface area contributed by atoms with Crippen molar-refractivity contribution in [1.82, 2.24) is 0 Å². The number of fused-ring (bicyclic) bond motifs is 5. The van der Waals surface area contributed by atoms with Crippen LogP contribution < -0.4 is 0 Å². The predicted octanol–water partition coefficient (Wildman–Crippen LogP) is 6.44. The Morgan fingerprint density at radius 3 is 2.24 bits per heavy atom. The molecule has 2 nitrogen and oxygen atoms in total. The molecule has 0 heterocycles. The molecule has 0 radical (unpaired) electrons. The van der Waals surface area contributed by atoms with Crippen molar-refractivity contribution in [3.8, 4) is 0 Å². The first-order chi connectivity index (χ1) is 13.7. The zero-order chi connectivity index (χ0) is 21.0. The van der Waals surface area contributed by atoms with E-state index in [1.807, 2.05) is 0 Å². The van der Waals surface area contributed by atoms with E-state index in [1.165, 1.54) is 51.4 Å². The highest BCUT2D eigenvalue weighted by molar-refractivity contribution is 5.11. The summed E-state index contributed by atoms with van der Waals surface area (Å²) in [5.41, 5.74) is 0.794. The van der Waals surface area contributed by atoms with E-state index >= 15 is 0 Å². The van der Waals surface area contributed by atoms with Crippen molar-refractivity contribution in [3.63, 3.8) is 0 Å². The molecule has 2 N–H and O–H groups in total. The molecular weight excluding hydrogens is 356 g/mol. The van der Waals surface area contributed by atoms with Crippen LogP contribution in [0.1, 0.15) is 105 Å². The second-order valence-electron chi connectivity index (χ2n) is 12.8. The maximum Gasteiger partial charge on any atom is 0.0577 e. The number of hydrogen-bond donors (Lipinski definition) is 2. The molecule has 4 fully saturated rings. The number of rotatable bonds is 5. The molecular formula is C27H48O2. The highest BCUT2D eigenvalue weighted by Crippen LogP contribution is 2.68. The van der Waals surface area contributed by atoms with Crippen molar-refractivity contribution < 1.29 is 10.2 Å². The topological polar surface area (TPSA) is 40.5 Å². The van der Waals surface area contributed by atoms with Crippen LogP contribution in [0.2, 0.25) is 0 Å². The van der Waals surface area contributed by atoms with Crippen LogP contribution in [-0.2, 0) is 0 Å². The molecule has 0 aliphatic heterocycles. The third-order valence-corrected chi connectivity index (χ3v) is 10.9. The molecule has 29 heavy (non-hydrogen) atoms. The molecule has 4 aliphatic rings. The maximum absolute atomic E-state index is 11.4. The monoisotopic (exact) mass is 404 g/mol. The quantitative estimate of drug-likeness (QED) is 0.553. The summed E-state index contributed by atoms with van der Waals surface area (Å²) < 4.78 is 0. The molecule has 0 bridgehead atoms. The van der Waals surface area contributed by atoms with Crippen LogP contribution in [0.3, 0.4) is 0 Å². The van der Waals surface area contributed by atoms with E-state index in [9.17, 15) is 10.2 Å². The Morgan fingerprint density at radius 2 is 1.52 bits per heavy atom. The van der Waals surface area contributed by atoms with Gasteiger partial charge in [-0.05, 0) is 104 Å². The summed E-state index contributed by atoms with van der Waals surface area (Å²) in [5, 5.41) is 21.6. The third-order valence-electron chi connectivity index (χ3n) is 10.9. The Bertz CT molecular complexity index is 573. The van der Waals surface area contributed by atoms with Crippen LogP contribution in [0.25, 0.3) is 0 Å². The largest absolute Gasteiger partial charge is 0.393 e. The van der Waals surface area contributed by atoms with Crippen molar-refractivity contribution in [2.45, 2.75) is 117 Å². The molecule has 0 aromatic carbocycles. The fourth-order valence-corrected chi connectivity index (χ4v) is 9.22. The third kappa shape index (κ3) is 3.73. The van der Waals surface area contributed by atoms with E-state index in [-0.39, 0.29) is 12.2 Å². The van der Waals surface area contributed by atoms with Gasteiger partial charge in [-0.3, -0.25) is 0 Å². The minimum Gasteiger partial charge on any atom is -0.393 e. The first kappa shape index (κ1) is 22.1. The molecule has 2 heteroatoms. The highest BCUT2D eigenvalue weighted by Gasteiger charge is 2.62. The lowest BCUT2D eigenvalue weighted by Gasteiger charge is -2.62. The molecule has 4 saturated carbocycles. The van der Waals surface area contributed by atoms with Gasteiger partial charge in [0.25, 0.3) is 0 Å². The summed E-state index contributed by atoms with van der Waals surface area (Å²) in [7, 11) is 0. The maximum atomic E-state index is 11.4. The van der Waals surface area contributed by atoms with Gasteiger partial charge in [-0.15, -0.1) is 0 Å². The van der Waals surface area contributed by atoms with Crippen molar-refractivity contribution in [3.05, 3.63) is 0 Å². The van der Waals surface area contributed by atoms with E-state index in [2.05, 4.69) is 34.6 Å². The number of aliphatic hydroxyl groups excluding tert-OH is 2. The van der Waals surface area contributed by atoms with Crippen LogP contribution in [0, 0.1) is 52.3 Å². The smallest absolute Gasteiger partial charge is 0.0577 e. The Labute approximate surface area is 180 Å². The molecule has 4 aliphatic carbocycles. The summed E-state index contributed by atoms with van der Waals surface area (Å²) in [4.78, 5) is 0. The van der Waals surface area contributed by atoms with E-state index in [4.69, 9.17) is 0 Å². The minimum absolute atomic E-state index is 0.131. The molecule has 10 unspecified atom stereocenters. The first-order valence-electron chi connectivity index (χ1n) is 13.0. The molecule has 168 valence electrons. The summed E-state index contributed by atoms with van der Waals surface area (Å²) >= 11 is 0. The fourth-order valence-electron chi connectivity index (χ4n) is 9.22. The van der Waals surface area contributed by atoms with Gasteiger partial charge in [-0.25, -0.2) is 0 Å². The Morgan fingerprint density at radius 1 is 0.828 bits per heavy atom. The zero-order valence-corrected chi connectivity index (χ0v) is 19.9. The van der Waals surface area contributed by atoms with Gasteiger partial charge in [0.2, 0.25) is 0 Å². The second-order valence-corrected chi connectivity index (χ2v) is 12.8. The Kier molecular flexibility index (Phi) is 6.19. The van der Waals surface area contributed by atoms with E-state index in [0.29, 0.717) is 28.6 Å². The molecule has 4 rings (SSSR count). The van der Waals surface area contributed by atoms with E-state index in [1.54, 1.807) is 0 Å². The number of hydrogen-bond acceptors (Lipinski definition) is 2. The van der Waals surface area contributed by atoms with Gasteiger partial charge in [-0.2, -0.15) is 0 Å². The second kappa shape index (κ2) is 8.12. The summed E-state index contributed by atoms with van der Waals surface area (Å²) in [6, 6.07) is 0.